The summed E-state index contributed by atoms with van der Waals surface area (Å²) in [5.41, 5.74) is 1.14. The number of imidazole rings is 1. The van der Waals surface area contributed by atoms with Crippen LogP contribution in [-0.4, -0.2) is 51.5 Å². The van der Waals surface area contributed by atoms with Crippen molar-refractivity contribution in [2.45, 2.75) is 30.3 Å². The summed E-state index contributed by atoms with van der Waals surface area (Å²) in [6.45, 7) is 1.07. The minimum atomic E-state index is -3.58. The molecule has 1 fully saturated rings. The first-order chi connectivity index (χ1) is 13.9. The molecule has 0 radical (unpaired) electrons. The van der Waals surface area contributed by atoms with Crippen LogP contribution >= 0.6 is 0 Å². The molecule has 0 unspecified atom stereocenters. The molecule has 4 rings (SSSR count). The highest BCUT2D eigenvalue weighted by molar-refractivity contribution is 7.89. The summed E-state index contributed by atoms with van der Waals surface area (Å²) in [6, 6.07) is 5.27. The van der Waals surface area contributed by atoms with Crippen LogP contribution in [0, 0.1) is 0 Å². The number of hydrogen-bond donors (Lipinski definition) is 2. The Morgan fingerprint density at radius 1 is 1.38 bits per heavy atom. The Morgan fingerprint density at radius 3 is 2.83 bits per heavy atom. The highest BCUT2D eigenvalue weighted by atomic mass is 32.2. The third-order valence-electron chi connectivity index (χ3n) is 5.01. The number of aromatic nitrogens is 4. The highest BCUT2D eigenvalue weighted by Crippen LogP contribution is 2.29. The number of rotatable bonds is 6. The van der Waals surface area contributed by atoms with Gasteiger partial charge in [0.25, 0.3) is 15.9 Å². The fourth-order valence-corrected chi connectivity index (χ4v) is 4.83. The van der Waals surface area contributed by atoms with Crippen LogP contribution in [0.15, 0.2) is 46.4 Å². The normalized spacial score (nSPS) is 16.2. The van der Waals surface area contributed by atoms with Gasteiger partial charge in [0.1, 0.15) is 11.5 Å². The Morgan fingerprint density at radius 2 is 2.17 bits per heavy atom. The SMILES string of the molecule is Cn1cnc(S(=O)(=O)N2CCC(c3cc(C(=O)NCc4ccco4)n[nH]3)CC2)c1. The molecule has 29 heavy (non-hydrogen) atoms. The molecule has 1 amide bonds. The largest absolute Gasteiger partial charge is 0.467 e. The lowest BCUT2D eigenvalue weighted by molar-refractivity contribution is 0.0943. The van der Waals surface area contributed by atoms with E-state index in [1.165, 1.54) is 16.8 Å². The number of H-pyrrole nitrogens is 1. The van der Waals surface area contributed by atoms with Crippen LogP contribution in [0.3, 0.4) is 0 Å². The second kappa shape index (κ2) is 7.84. The Bertz CT molecular complexity index is 1080. The van der Waals surface area contributed by atoms with E-state index in [1.807, 2.05) is 0 Å². The molecule has 2 N–H and O–H groups in total. The van der Waals surface area contributed by atoms with Crippen LogP contribution in [0.25, 0.3) is 0 Å². The number of nitrogens with one attached hydrogen (secondary N) is 2. The molecule has 154 valence electrons. The number of amides is 1. The van der Waals surface area contributed by atoms with E-state index in [0.717, 1.165) is 5.69 Å². The van der Waals surface area contributed by atoms with E-state index >= 15 is 0 Å². The third-order valence-corrected chi connectivity index (χ3v) is 6.80. The van der Waals surface area contributed by atoms with E-state index in [4.69, 9.17) is 4.42 Å². The zero-order chi connectivity index (χ0) is 20.4. The van der Waals surface area contributed by atoms with E-state index in [0.29, 0.717) is 37.4 Å². The number of nitrogens with zero attached hydrogens (tertiary/aromatic N) is 4. The molecule has 3 aromatic heterocycles. The number of aromatic amines is 1. The summed E-state index contributed by atoms with van der Waals surface area (Å²) in [5.74, 6) is 0.485. The lowest BCUT2D eigenvalue weighted by atomic mass is 9.94. The quantitative estimate of drug-likeness (QED) is 0.620. The van der Waals surface area contributed by atoms with Gasteiger partial charge in [0.05, 0.1) is 19.1 Å². The first-order valence-electron chi connectivity index (χ1n) is 9.27. The van der Waals surface area contributed by atoms with Crippen molar-refractivity contribution < 1.29 is 17.6 Å². The summed E-state index contributed by atoms with van der Waals surface area (Å²) in [5, 5.41) is 9.84. The first-order valence-corrected chi connectivity index (χ1v) is 10.7. The maximum Gasteiger partial charge on any atom is 0.272 e. The summed E-state index contributed by atoms with van der Waals surface area (Å²) in [4.78, 5) is 16.2. The van der Waals surface area contributed by atoms with Crippen molar-refractivity contribution in [3.63, 3.8) is 0 Å². The number of carbonyl (C=O) groups is 1. The van der Waals surface area contributed by atoms with Crippen LogP contribution in [0.4, 0.5) is 0 Å². The van der Waals surface area contributed by atoms with Crippen molar-refractivity contribution >= 4 is 15.9 Å². The second-order valence-electron chi connectivity index (χ2n) is 7.03. The van der Waals surface area contributed by atoms with Gasteiger partial charge < -0.3 is 14.3 Å². The number of furan rings is 1. The van der Waals surface area contributed by atoms with Gasteiger partial charge in [0.2, 0.25) is 0 Å². The number of carbonyl (C=O) groups excluding carboxylic acids is 1. The van der Waals surface area contributed by atoms with Crippen molar-refractivity contribution in [1.29, 1.82) is 0 Å². The minimum Gasteiger partial charge on any atom is -0.467 e. The molecule has 1 aliphatic heterocycles. The van der Waals surface area contributed by atoms with Gasteiger partial charge in [-0.1, -0.05) is 0 Å². The average molecular weight is 418 g/mol. The first kappa shape index (κ1) is 19.4. The van der Waals surface area contributed by atoms with E-state index in [1.54, 1.807) is 36.1 Å². The minimum absolute atomic E-state index is 0.0653. The van der Waals surface area contributed by atoms with Crippen molar-refractivity contribution in [2.24, 2.45) is 7.05 Å². The fraction of sp³-hybridized carbons (Fsp3) is 0.389. The molecular weight excluding hydrogens is 396 g/mol. The van der Waals surface area contributed by atoms with Crippen molar-refractivity contribution in [3.8, 4) is 0 Å². The molecule has 0 atom stereocenters. The summed E-state index contributed by atoms with van der Waals surface area (Å²) in [6.07, 6.45) is 5.81. The number of hydrogen-bond acceptors (Lipinski definition) is 6. The lowest BCUT2D eigenvalue weighted by Crippen LogP contribution is -2.38. The van der Waals surface area contributed by atoms with E-state index in [9.17, 15) is 13.2 Å². The summed E-state index contributed by atoms with van der Waals surface area (Å²) in [7, 11) is -1.85. The lowest BCUT2D eigenvalue weighted by Gasteiger charge is -2.29. The molecule has 10 nitrogen and oxygen atoms in total. The fourth-order valence-electron chi connectivity index (χ4n) is 3.39. The standard InChI is InChI=1S/C18H22N6O4S/c1-23-11-17(20-12-23)29(26,27)24-6-4-13(5-7-24)15-9-16(22-21-15)18(25)19-10-14-3-2-8-28-14/h2-3,8-9,11-13H,4-7,10H2,1H3,(H,19,25)(H,21,22). The van der Waals surface area contributed by atoms with Gasteiger partial charge in [0, 0.05) is 37.9 Å². The Labute approximate surface area is 168 Å². The van der Waals surface area contributed by atoms with Crippen molar-refractivity contribution in [2.75, 3.05) is 13.1 Å². The topological polar surface area (TPSA) is 126 Å². The Balaban J connectivity index is 1.35. The average Bonchev–Trinajstić information content (AvgIpc) is 3.47. The maximum atomic E-state index is 12.7. The number of sulfonamides is 1. The van der Waals surface area contributed by atoms with Gasteiger partial charge in [-0.3, -0.25) is 9.89 Å². The molecule has 3 aromatic rings. The van der Waals surface area contributed by atoms with Gasteiger partial charge in [-0.2, -0.15) is 9.40 Å². The molecule has 1 aliphatic rings. The van der Waals surface area contributed by atoms with E-state index in [-0.39, 0.29) is 23.4 Å². The maximum absolute atomic E-state index is 12.7. The van der Waals surface area contributed by atoms with Crippen LogP contribution in [0.5, 0.6) is 0 Å². The molecule has 0 aliphatic carbocycles. The Hall–Kier alpha value is -2.92. The predicted molar refractivity (Wildman–Crippen MR) is 102 cm³/mol. The molecule has 0 spiro atoms. The predicted octanol–water partition coefficient (Wildman–Crippen LogP) is 1.23. The van der Waals surface area contributed by atoms with Gasteiger partial charge in [-0.05, 0) is 31.0 Å². The molecule has 0 bridgehead atoms. The molecule has 0 saturated carbocycles. The van der Waals surface area contributed by atoms with Gasteiger partial charge >= 0.3 is 0 Å². The monoisotopic (exact) mass is 418 g/mol. The molecule has 11 heteroatoms. The van der Waals surface area contributed by atoms with Crippen LogP contribution in [0.2, 0.25) is 0 Å². The molecular formula is C18H22N6O4S. The molecule has 0 aromatic carbocycles. The van der Waals surface area contributed by atoms with Gasteiger partial charge in [-0.25, -0.2) is 13.4 Å². The molecule has 1 saturated heterocycles. The summed E-state index contributed by atoms with van der Waals surface area (Å²) < 4.78 is 33.6. The Kier molecular flexibility index (Phi) is 5.24. The zero-order valence-electron chi connectivity index (χ0n) is 15.9. The van der Waals surface area contributed by atoms with Crippen LogP contribution in [-0.2, 0) is 23.6 Å². The van der Waals surface area contributed by atoms with Crippen molar-refractivity contribution in [3.05, 3.63) is 54.1 Å². The second-order valence-corrected chi connectivity index (χ2v) is 8.91. The van der Waals surface area contributed by atoms with Gasteiger partial charge in [0.15, 0.2) is 5.03 Å². The van der Waals surface area contributed by atoms with Crippen LogP contribution in [0.1, 0.15) is 40.7 Å². The van der Waals surface area contributed by atoms with E-state index in [2.05, 4.69) is 20.5 Å². The summed E-state index contributed by atoms with van der Waals surface area (Å²) >= 11 is 0. The third kappa shape index (κ3) is 4.10. The van der Waals surface area contributed by atoms with Crippen molar-refractivity contribution in [1.82, 2.24) is 29.4 Å². The highest BCUT2D eigenvalue weighted by Gasteiger charge is 2.32. The number of piperidine rings is 1. The van der Waals surface area contributed by atoms with Gasteiger partial charge in [-0.15, -0.1) is 0 Å². The number of aryl methyl sites for hydroxylation is 1. The zero-order valence-corrected chi connectivity index (χ0v) is 16.7. The van der Waals surface area contributed by atoms with E-state index < -0.39 is 10.0 Å². The smallest absolute Gasteiger partial charge is 0.272 e. The molecule has 4 heterocycles. The van der Waals surface area contributed by atoms with Crippen LogP contribution < -0.4 is 5.32 Å².